The van der Waals surface area contributed by atoms with Gasteiger partial charge in [0.05, 0.1) is 17.6 Å². The Morgan fingerprint density at radius 1 is 1.44 bits per heavy atom. The minimum Gasteiger partial charge on any atom is -0.484 e. The first kappa shape index (κ1) is 12.4. The molecular weight excluding hydrogens is 217 g/mol. The van der Waals surface area contributed by atoms with Gasteiger partial charge in [-0.1, -0.05) is 0 Å². The molecule has 0 atom stereocenters. The summed E-state index contributed by atoms with van der Waals surface area (Å²) < 4.78 is 22.9. The molecule has 0 radical (unpaired) electrons. The van der Waals surface area contributed by atoms with Crippen LogP contribution in [0.5, 0.6) is 5.75 Å². The van der Waals surface area contributed by atoms with E-state index in [2.05, 4.69) is 0 Å². The van der Waals surface area contributed by atoms with Crippen LogP contribution in [-0.4, -0.2) is 24.7 Å². The molecule has 0 N–H and O–H groups in total. The number of halogens is 1. The van der Waals surface area contributed by atoms with Crippen LogP contribution in [0.2, 0.25) is 0 Å². The summed E-state index contributed by atoms with van der Waals surface area (Å²) in [6.07, 6.45) is 0. The summed E-state index contributed by atoms with van der Waals surface area (Å²) in [6, 6.07) is 3.18. The van der Waals surface area contributed by atoms with E-state index in [4.69, 9.17) is 9.47 Å². The zero-order valence-electron chi connectivity index (χ0n) is 8.81. The van der Waals surface area contributed by atoms with Crippen LogP contribution < -0.4 is 4.74 Å². The molecule has 0 saturated heterocycles. The van der Waals surface area contributed by atoms with Gasteiger partial charge in [0.2, 0.25) is 0 Å². The van der Waals surface area contributed by atoms with Gasteiger partial charge >= 0.3 is 5.69 Å². The summed E-state index contributed by atoms with van der Waals surface area (Å²) in [5, 5.41) is 10.6. The quantitative estimate of drug-likeness (QED) is 0.426. The van der Waals surface area contributed by atoms with Crippen molar-refractivity contribution >= 4 is 5.69 Å². The van der Waals surface area contributed by atoms with Gasteiger partial charge in [0, 0.05) is 6.61 Å². The van der Waals surface area contributed by atoms with Gasteiger partial charge in [0.15, 0.2) is 5.75 Å². The summed E-state index contributed by atoms with van der Waals surface area (Å²) in [5.41, 5.74) is -0.378. The van der Waals surface area contributed by atoms with Crippen LogP contribution in [0.25, 0.3) is 0 Å². The minimum atomic E-state index is -0.681. The number of nitrogens with zero attached hydrogens (tertiary/aromatic N) is 1. The molecule has 0 aliphatic rings. The molecule has 0 aromatic heterocycles. The second-order valence-corrected chi connectivity index (χ2v) is 2.91. The van der Waals surface area contributed by atoms with Gasteiger partial charge in [-0.25, -0.2) is 4.39 Å². The fourth-order valence-corrected chi connectivity index (χ4v) is 1.11. The second-order valence-electron chi connectivity index (χ2n) is 2.91. The average Bonchev–Trinajstić information content (AvgIpc) is 2.26. The Kier molecular flexibility index (Phi) is 4.65. The number of hydrogen-bond acceptors (Lipinski definition) is 4. The van der Waals surface area contributed by atoms with E-state index >= 15 is 0 Å². The van der Waals surface area contributed by atoms with Crippen LogP contribution >= 0.6 is 0 Å². The molecule has 5 nitrogen and oxygen atoms in total. The standard InChI is InChI=1S/C10H12FNO4/c1-2-15-5-6-16-10-4-3-8(11)7-9(10)12(13)14/h3-4,7H,2,5-6H2,1H3. The largest absolute Gasteiger partial charge is 0.484 e. The molecule has 0 amide bonds. The third-order valence-corrected chi connectivity index (χ3v) is 1.81. The Labute approximate surface area is 91.9 Å². The van der Waals surface area contributed by atoms with Crippen molar-refractivity contribution in [2.45, 2.75) is 6.92 Å². The van der Waals surface area contributed by atoms with E-state index in [0.717, 1.165) is 12.1 Å². The average molecular weight is 229 g/mol. The topological polar surface area (TPSA) is 61.6 Å². The maximum absolute atomic E-state index is 12.8. The Morgan fingerprint density at radius 2 is 2.19 bits per heavy atom. The summed E-state index contributed by atoms with van der Waals surface area (Å²) in [7, 11) is 0. The third kappa shape index (κ3) is 3.47. The minimum absolute atomic E-state index is 0.0473. The Bertz CT molecular complexity index is 370. The summed E-state index contributed by atoms with van der Waals surface area (Å²) in [5.74, 6) is -0.616. The van der Waals surface area contributed by atoms with Crippen LogP contribution in [-0.2, 0) is 4.74 Å². The lowest BCUT2D eigenvalue weighted by Crippen LogP contribution is -2.07. The van der Waals surface area contributed by atoms with E-state index in [1.54, 1.807) is 0 Å². The van der Waals surface area contributed by atoms with Crippen molar-refractivity contribution in [1.82, 2.24) is 0 Å². The van der Waals surface area contributed by atoms with Gasteiger partial charge in [-0.05, 0) is 19.1 Å². The van der Waals surface area contributed by atoms with Gasteiger partial charge in [-0.3, -0.25) is 10.1 Å². The third-order valence-electron chi connectivity index (χ3n) is 1.81. The van der Waals surface area contributed by atoms with Crippen molar-refractivity contribution in [3.63, 3.8) is 0 Å². The van der Waals surface area contributed by atoms with Crippen molar-refractivity contribution < 1.29 is 18.8 Å². The van der Waals surface area contributed by atoms with E-state index in [9.17, 15) is 14.5 Å². The SMILES string of the molecule is CCOCCOc1ccc(F)cc1[N+](=O)[O-]. The smallest absolute Gasteiger partial charge is 0.313 e. The molecule has 0 aliphatic carbocycles. The van der Waals surface area contributed by atoms with Crippen LogP contribution in [0.1, 0.15) is 6.92 Å². The predicted octanol–water partition coefficient (Wildman–Crippen LogP) is 2.15. The highest BCUT2D eigenvalue weighted by Crippen LogP contribution is 2.27. The molecule has 0 bridgehead atoms. The first-order valence-electron chi connectivity index (χ1n) is 4.79. The van der Waals surface area contributed by atoms with E-state index in [0.29, 0.717) is 13.2 Å². The van der Waals surface area contributed by atoms with Crippen LogP contribution in [0.3, 0.4) is 0 Å². The number of nitro groups is 1. The molecule has 1 aromatic rings. The molecule has 0 saturated carbocycles. The fourth-order valence-electron chi connectivity index (χ4n) is 1.11. The molecule has 1 rings (SSSR count). The first-order chi connectivity index (χ1) is 7.65. The zero-order chi connectivity index (χ0) is 12.0. The van der Waals surface area contributed by atoms with E-state index in [1.165, 1.54) is 6.07 Å². The lowest BCUT2D eigenvalue weighted by Gasteiger charge is -2.06. The van der Waals surface area contributed by atoms with E-state index in [-0.39, 0.29) is 18.0 Å². The maximum Gasteiger partial charge on any atom is 0.313 e. The molecule has 1 aromatic carbocycles. The van der Waals surface area contributed by atoms with Crippen LogP contribution in [0, 0.1) is 15.9 Å². The molecule has 0 unspecified atom stereocenters. The second kappa shape index (κ2) is 6.02. The molecule has 0 heterocycles. The van der Waals surface area contributed by atoms with Crippen molar-refractivity contribution in [2.75, 3.05) is 19.8 Å². The highest BCUT2D eigenvalue weighted by molar-refractivity contribution is 5.46. The van der Waals surface area contributed by atoms with Crippen molar-refractivity contribution in [3.05, 3.63) is 34.1 Å². The van der Waals surface area contributed by atoms with Crippen molar-refractivity contribution in [2.24, 2.45) is 0 Å². The predicted molar refractivity (Wildman–Crippen MR) is 55.0 cm³/mol. The molecule has 6 heteroatoms. The van der Waals surface area contributed by atoms with Gasteiger partial charge in [0.1, 0.15) is 12.4 Å². The van der Waals surface area contributed by atoms with Gasteiger partial charge in [-0.15, -0.1) is 0 Å². The first-order valence-corrected chi connectivity index (χ1v) is 4.79. The summed E-state index contributed by atoms with van der Waals surface area (Å²) >= 11 is 0. The van der Waals surface area contributed by atoms with E-state index < -0.39 is 10.7 Å². The van der Waals surface area contributed by atoms with Crippen molar-refractivity contribution in [1.29, 1.82) is 0 Å². The number of hydrogen-bond donors (Lipinski definition) is 0. The van der Waals surface area contributed by atoms with Gasteiger partial charge in [0.25, 0.3) is 0 Å². The van der Waals surface area contributed by atoms with Crippen LogP contribution in [0.15, 0.2) is 18.2 Å². The maximum atomic E-state index is 12.8. The van der Waals surface area contributed by atoms with Gasteiger partial charge in [-0.2, -0.15) is 0 Å². The van der Waals surface area contributed by atoms with Crippen molar-refractivity contribution in [3.8, 4) is 5.75 Å². The highest BCUT2D eigenvalue weighted by Gasteiger charge is 2.15. The summed E-state index contributed by atoms with van der Waals surface area (Å²) in [6.45, 7) is 2.92. The lowest BCUT2D eigenvalue weighted by atomic mass is 10.3. The van der Waals surface area contributed by atoms with Crippen LogP contribution in [0.4, 0.5) is 10.1 Å². The monoisotopic (exact) mass is 229 g/mol. The molecule has 0 aliphatic heterocycles. The molecule has 0 spiro atoms. The Morgan fingerprint density at radius 3 is 2.81 bits per heavy atom. The van der Waals surface area contributed by atoms with E-state index in [1.807, 2.05) is 6.92 Å². The normalized spacial score (nSPS) is 10.1. The molecule has 16 heavy (non-hydrogen) atoms. The molecular formula is C10H12FNO4. The number of benzene rings is 1. The Hall–Kier alpha value is -1.69. The number of nitro benzene ring substituents is 1. The number of ether oxygens (including phenoxy) is 2. The Balaban J connectivity index is 2.67. The highest BCUT2D eigenvalue weighted by atomic mass is 19.1. The zero-order valence-corrected chi connectivity index (χ0v) is 8.81. The molecule has 88 valence electrons. The number of rotatable bonds is 6. The van der Waals surface area contributed by atoms with Gasteiger partial charge < -0.3 is 9.47 Å². The fraction of sp³-hybridized carbons (Fsp3) is 0.400. The molecule has 0 fully saturated rings. The lowest BCUT2D eigenvalue weighted by molar-refractivity contribution is -0.386. The summed E-state index contributed by atoms with van der Waals surface area (Å²) in [4.78, 5) is 9.91.